The molecule has 0 aromatic heterocycles. The summed E-state index contributed by atoms with van der Waals surface area (Å²) in [4.78, 5) is 11.3. The molecule has 27 heavy (non-hydrogen) atoms. The second-order valence-electron chi connectivity index (χ2n) is 5.33. The van der Waals surface area contributed by atoms with Crippen molar-refractivity contribution in [3.63, 3.8) is 0 Å². The molecule has 0 saturated carbocycles. The van der Waals surface area contributed by atoms with Crippen LogP contribution >= 0.6 is 0 Å². The molecule has 0 heterocycles. The molecule has 0 aliphatic rings. The zero-order valence-corrected chi connectivity index (χ0v) is 14.0. The normalized spacial score (nSPS) is 13.4. The molecule has 1 N–H and O–H groups in total. The summed E-state index contributed by atoms with van der Waals surface area (Å²) < 4.78 is 100. The Kier molecular flexibility index (Phi) is 5.83. The van der Waals surface area contributed by atoms with Crippen LogP contribution in [0.5, 0.6) is 0 Å². The minimum atomic E-state index is -4.90. The fourth-order valence-electron chi connectivity index (χ4n) is 2.12. The monoisotopic (exact) mass is 411 g/mol. The second-order valence-corrected chi connectivity index (χ2v) is 7.25. The van der Waals surface area contributed by atoms with Gasteiger partial charge in [0.15, 0.2) is 6.04 Å². The zero-order valence-electron chi connectivity index (χ0n) is 13.2. The Morgan fingerprint density at radius 2 is 1.44 bits per heavy atom. The van der Waals surface area contributed by atoms with Crippen molar-refractivity contribution in [3.8, 4) is 0 Å². The lowest BCUT2D eigenvalue weighted by atomic mass is 10.1. The average molecular weight is 411 g/mol. The van der Waals surface area contributed by atoms with E-state index in [2.05, 4.69) is 0 Å². The molecule has 2 rings (SSSR count). The zero-order chi connectivity index (χ0) is 20.4. The molecule has 4 nitrogen and oxygen atoms in total. The molecule has 0 spiro atoms. The Balaban J connectivity index is 2.27. The van der Waals surface area contributed by atoms with Gasteiger partial charge in [0.1, 0.15) is 5.82 Å². The largest absolute Gasteiger partial charge is 0.412 e. The van der Waals surface area contributed by atoms with E-state index in [0.717, 1.165) is 36.4 Å². The predicted molar refractivity (Wildman–Crippen MR) is 82.3 cm³/mol. The van der Waals surface area contributed by atoms with E-state index in [0.29, 0.717) is 12.1 Å². The first kappa shape index (κ1) is 20.7. The van der Waals surface area contributed by atoms with E-state index >= 15 is 0 Å². The first-order valence-corrected chi connectivity index (χ1v) is 8.72. The summed E-state index contributed by atoms with van der Waals surface area (Å²) >= 11 is 0. The van der Waals surface area contributed by atoms with E-state index < -0.39 is 50.0 Å². The Morgan fingerprint density at radius 1 is 0.926 bits per heavy atom. The summed E-state index contributed by atoms with van der Waals surface area (Å²) in [5.74, 6) is -5.66. The average Bonchev–Trinajstić information content (AvgIpc) is 2.59. The Labute approximate surface area is 149 Å². The van der Waals surface area contributed by atoms with Crippen LogP contribution in [0, 0.1) is 5.82 Å². The molecular weight excluding hydrogens is 400 g/mol. The van der Waals surface area contributed by atoms with Gasteiger partial charge in [-0.2, -0.15) is 22.0 Å². The van der Waals surface area contributed by atoms with E-state index in [1.54, 1.807) is 5.32 Å². The molecule has 1 unspecified atom stereocenters. The summed E-state index contributed by atoms with van der Waals surface area (Å²) in [6, 6.07) is 3.85. The number of sulfone groups is 1. The third-order valence-corrected chi connectivity index (χ3v) is 4.88. The highest BCUT2D eigenvalue weighted by Gasteiger charge is 2.42. The molecule has 1 atom stereocenters. The standard InChI is InChI=1S/C16H11F6NO3S/c17-11-5-1-9(2-6-11)13(16(20,21)22)23-14(24)10-3-7-12(8-4-10)27(25,26)15(18)19/h1-8,13,15H,(H,23,24). The van der Waals surface area contributed by atoms with Gasteiger partial charge in [0.05, 0.1) is 4.90 Å². The van der Waals surface area contributed by atoms with Crippen LogP contribution in [0.15, 0.2) is 53.4 Å². The second kappa shape index (κ2) is 7.59. The number of halogens is 6. The van der Waals surface area contributed by atoms with Crippen molar-refractivity contribution >= 4 is 15.7 Å². The highest BCUT2D eigenvalue weighted by molar-refractivity contribution is 7.91. The van der Waals surface area contributed by atoms with Gasteiger partial charge < -0.3 is 5.32 Å². The molecule has 2 aromatic rings. The van der Waals surface area contributed by atoms with E-state index in [4.69, 9.17) is 0 Å². The number of carbonyl (C=O) groups excluding carboxylic acids is 1. The minimum absolute atomic E-state index is 0.375. The molecule has 146 valence electrons. The van der Waals surface area contributed by atoms with Gasteiger partial charge in [-0.05, 0) is 42.0 Å². The van der Waals surface area contributed by atoms with Crippen LogP contribution in [0.25, 0.3) is 0 Å². The number of hydrogen-bond acceptors (Lipinski definition) is 3. The van der Waals surface area contributed by atoms with Crippen molar-refractivity contribution < 1.29 is 39.6 Å². The van der Waals surface area contributed by atoms with Crippen LogP contribution in [0.4, 0.5) is 26.3 Å². The highest BCUT2D eigenvalue weighted by atomic mass is 32.2. The summed E-state index contributed by atoms with van der Waals surface area (Å²) in [5, 5.41) is 1.71. The van der Waals surface area contributed by atoms with Crippen molar-refractivity contribution in [2.24, 2.45) is 0 Å². The van der Waals surface area contributed by atoms with Crippen molar-refractivity contribution in [1.29, 1.82) is 0 Å². The summed E-state index contributed by atoms with van der Waals surface area (Å²) in [6.07, 6.45) is -4.90. The quantitative estimate of drug-likeness (QED) is 0.761. The fourth-order valence-corrected chi connectivity index (χ4v) is 2.84. The maximum atomic E-state index is 13.2. The van der Waals surface area contributed by atoms with Crippen LogP contribution in [0.1, 0.15) is 22.0 Å². The van der Waals surface area contributed by atoms with E-state index in [9.17, 15) is 39.6 Å². The van der Waals surface area contributed by atoms with Gasteiger partial charge in [-0.25, -0.2) is 12.8 Å². The number of amides is 1. The van der Waals surface area contributed by atoms with Crippen LogP contribution in [-0.4, -0.2) is 26.3 Å². The third-order valence-electron chi connectivity index (χ3n) is 3.49. The van der Waals surface area contributed by atoms with Gasteiger partial charge in [0, 0.05) is 5.56 Å². The number of carbonyl (C=O) groups is 1. The molecule has 1 amide bonds. The number of rotatable bonds is 5. The molecule has 0 fully saturated rings. The molecule has 0 aliphatic heterocycles. The van der Waals surface area contributed by atoms with Crippen molar-refractivity contribution in [2.75, 3.05) is 0 Å². The molecule has 0 bridgehead atoms. The topological polar surface area (TPSA) is 63.2 Å². The number of alkyl halides is 5. The Hall–Kier alpha value is -2.56. The van der Waals surface area contributed by atoms with E-state index in [1.807, 2.05) is 0 Å². The first-order valence-electron chi connectivity index (χ1n) is 7.18. The molecular formula is C16H11F6NO3S. The van der Waals surface area contributed by atoms with Crippen LogP contribution in [0.3, 0.4) is 0 Å². The van der Waals surface area contributed by atoms with E-state index in [-0.39, 0.29) is 5.56 Å². The van der Waals surface area contributed by atoms with Gasteiger partial charge in [0.2, 0.25) is 9.84 Å². The fraction of sp³-hybridized carbons (Fsp3) is 0.188. The smallest absolute Gasteiger partial charge is 0.337 e. The summed E-state index contributed by atoms with van der Waals surface area (Å²) in [5.41, 5.74) is -0.797. The van der Waals surface area contributed by atoms with Gasteiger partial charge in [-0.3, -0.25) is 4.79 Å². The van der Waals surface area contributed by atoms with Crippen molar-refractivity contribution in [3.05, 3.63) is 65.5 Å². The van der Waals surface area contributed by atoms with Gasteiger partial charge in [0.25, 0.3) is 5.91 Å². The van der Waals surface area contributed by atoms with Crippen molar-refractivity contribution in [1.82, 2.24) is 5.32 Å². The lowest BCUT2D eigenvalue weighted by molar-refractivity contribution is -0.155. The van der Waals surface area contributed by atoms with Crippen molar-refractivity contribution in [2.45, 2.75) is 22.9 Å². The number of benzene rings is 2. The van der Waals surface area contributed by atoms with Crippen LogP contribution in [0.2, 0.25) is 0 Å². The predicted octanol–water partition coefficient (Wildman–Crippen LogP) is 3.86. The maximum absolute atomic E-state index is 13.2. The summed E-state index contributed by atoms with van der Waals surface area (Å²) in [6.45, 7) is 0. The number of nitrogens with one attached hydrogen (secondary N) is 1. The molecule has 0 saturated heterocycles. The SMILES string of the molecule is O=C(NC(c1ccc(F)cc1)C(F)(F)F)c1ccc(S(=O)(=O)C(F)F)cc1. The van der Waals surface area contributed by atoms with Gasteiger partial charge in [-0.1, -0.05) is 12.1 Å². The van der Waals surface area contributed by atoms with Crippen LogP contribution in [-0.2, 0) is 9.84 Å². The summed E-state index contributed by atoms with van der Waals surface area (Å²) in [7, 11) is -4.89. The lowest BCUT2D eigenvalue weighted by Gasteiger charge is -2.22. The third kappa shape index (κ3) is 4.79. The molecule has 11 heteroatoms. The maximum Gasteiger partial charge on any atom is 0.412 e. The Morgan fingerprint density at radius 3 is 1.89 bits per heavy atom. The van der Waals surface area contributed by atoms with E-state index in [1.165, 1.54) is 0 Å². The lowest BCUT2D eigenvalue weighted by Crippen LogP contribution is -2.38. The van der Waals surface area contributed by atoms with Gasteiger partial charge >= 0.3 is 11.9 Å². The molecule has 2 aromatic carbocycles. The number of hydrogen-bond donors (Lipinski definition) is 1. The first-order chi connectivity index (χ1) is 12.4. The molecule has 0 radical (unpaired) electrons. The highest BCUT2D eigenvalue weighted by Crippen LogP contribution is 2.33. The van der Waals surface area contributed by atoms with Gasteiger partial charge in [-0.15, -0.1) is 0 Å². The van der Waals surface area contributed by atoms with Crippen LogP contribution < -0.4 is 5.32 Å². The minimum Gasteiger partial charge on any atom is -0.337 e. The Bertz CT molecular complexity index is 909. The molecule has 0 aliphatic carbocycles.